The molecule has 0 radical (unpaired) electrons. The Morgan fingerprint density at radius 1 is 1.19 bits per heavy atom. The molecule has 21 heavy (non-hydrogen) atoms. The lowest BCUT2D eigenvalue weighted by molar-refractivity contribution is -0.118. The van der Waals surface area contributed by atoms with Crippen molar-refractivity contribution in [2.45, 2.75) is 33.1 Å². The summed E-state index contributed by atoms with van der Waals surface area (Å²) in [6.45, 7) is 6.69. The molecule has 0 saturated heterocycles. The molecule has 5 heteroatoms. The fraction of sp³-hybridized carbons (Fsp3) is 0.500. The number of hydrogen-bond acceptors (Lipinski definition) is 3. The van der Waals surface area contributed by atoms with Gasteiger partial charge < -0.3 is 16.0 Å². The molecule has 3 N–H and O–H groups in total. The van der Waals surface area contributed by atoms with Crippen LogP contribution in [0.15, 0.2) is 24.3 Å². The van der Waals surface area contributed by atoms with E-state index in [-0.39, 0.29) is 11.8 Å². The van der Waals surface area contributed by atoms with Crippen LogP contribution in [0, 0.1) is 0 Å². The molecule has 1 rings (SSSR count). The number of primary amides is 1. The zero-order valence-electron chi connectivity index (χ0n) is 12.9. The summed E-state index contributed by atoms with van der Waals surface area (Å²) < 4.78 is 0. The van der Waals surface area contributed by atoms with Gasteiger partial charge in [0.15, 0.2) is 0 Å². The van der Waals surface area contributed by atoms with Crippen LogP contribution in [-0.2, 0) is 4.79 Å². The molecule has 0 aliphatic rings. The SMILES string of the molecule is CCCN(CC)c1ccc(C(=O)NCCCC(N)=O)cc1. The second-order valence-corrected chi connectivity index (χ2v) is 4.95. The normalized spacial score (nSPS) is 10.2. The van der Waals surface area contributed by atoms with Crippen molar-refractivity contribution in [2.75, 3.05) is 24.5 Å². The number of anilines is 1. The van der Waals surface area contributed by atoms with Crippen molar-refractivity contribution < 1.29 is 9.59 Å². The fourth-order valence-electron chi connectivity index (χ4n) is 2.13. The average molecular weight is 291 g/mol. The van der Waals surface area contributed by atoms with E-state index >= 15 is 0 Å². The highest BCUT2D eigenvalue weighted by molar-refractivity contribution is 5.94. The van der Waals surface area contributed by atoms with Crippen molar-refractivity contribution in [3.63, 3.8) is 0 Å². The van der Waals surface area contributed by atoms with Crippen LogP contribution in [-0.4, -0.2) is 31.4 Å². The van der Waals surface area contributed by atoms with Crippen LogP contribution in [0.4, 0.5) is 5.69 Å². The lowest BCUT2D eigenvalue weighted by Gasteiger charge is -2.22. The third-order valence-electron chi connectivity index (χ3n) is 3.26. The third kappa shape index (κ3) is 5.85. The van der Waals surface area contributed by atoms with E-state index in [0.29, 0.717) is 24.9 Å². The van der Waals surface area contributed by atoms with Crippen molar-refractivity contribution in [3.8, 4) is 0 Å². The molecule has 1 aromatic rings. The predicted molar refractivity (Wildman–Crippen MR) is 85.4 cm³/mol. The van der Waals surface area contributed by atoms with E-state index in [0.717, 1.165) is 25.2 Å². The Hall–Kier alpha value is -2.04. The van der Waals surface area contributed by atoms with Crippen LogP contribution >= 0.6 is 0 Å². The number of carbonyl (C=O) groups is 2. The first kappa shape index (κ1) is 17.0. The van der Waals surface area contributed by atoms with Gasteiger partial charge in [0.25, 0.3) is 5.91 Å². The lowest BCUT2D eigenvalue weighted by Crippen LogP contribution is -2.26. The number of nitrogens with one attached hydrogen (secondary N) is 1. The monoisotopic (exact) mass is 291 g/mol. The third-order valence-corrected chi connectivity index (χ3v) is 3.26. The molecule has 0 fully saturated rings. The highest BCUT2D eigenvalue weighted by atomic mass is 16.2. The summed E-state index contributed by atoms with van der Waals surface area (Å²) in [6, 6.07) is 7.60. The number of nitrogens with two attached hydrogens (primary N) is 1. The summed E-state index contributed by atoms with van der Waals surface area (Å²) >= 11 is 0. The molecule has 0 unspecified atom stereocenters. The van der Waals surface area contributed by atoms with Gasteiger partial charge in [0.05, 0.1) is 0 Å². The van der Waals surface area contributed by atoms with Gasteiger partial charge in [0.2, 0.25) is 5.91 Å². The maximum Gasteiger partial charge on any atom is 0.251 e. The number of carbonyl (C=O) groups excluding carboxylic acids is 2. The zero-order chi connectivity index (χ0) is 15.7. The summed E-state index contributed by atoms with van der Waals surface area (Å²) in [5.41, 5.74) is 6.81. The molecule has 116 valence electrons. The molecule has 0 aliphatic carbocycles. The summed E-state index contributed by atoms with van der Waals surface area (Å²) in [5.74, 6) is -0.464. The van der Waals surface area contributed by atoms with Crippen LogP contribution in [0.5, 0.6) is 0 Å². The van der Waals surface area contributed by atoms with Gasteiger partial charge in [0.1, 0.15) is 0 Å². The highest BCUT2D eigenvalue weighted by Gasteiger charge is 2.07. The van der Waals surface area contributed by atoms with Gasteiger partial charge in [-0.3, -0.25) is 9.59 Å². The van der Waals surface area contributed by atoms with E-state index in [1.165, 1.54) is 0 Å². The molecule has 0 heterocycles. The van der Waals surface area contributed by atoms with Crippen LogP contribution in [0.2, 0.25) is 0 Å². The van der Waals surface area contributed by atoms with E-state index in [1.807, 2.05) is 24.3 Å². The quantitative estimate of drug-likeness (QED) is 0.682. The molecule has 0 atom stereocenters. The van der Waals surface area contributed by atoms with Crippen molar-refractivity contribution in [1.82, 2.24) is 5.32 Å². The highest BCUT2D eigenvalue weighted by Crippen LogP contribution is 2.15. The average Bonchev–Trinajstić information content (AvgIpc) is 2.49. The van der Waals surface area contributed by atoms with E-state index in [4.69, 9.17) is 5.73 Å². The van der Waals surface area contributed by atoms with Crippen LogP contribution in [0.25, 0.3) is 0 Å². The van der Waals surface area contributed by atoms with Gasteiger partial charge >= 0.3 is 0 Å². The minimum atomic E-state index is -0.343. The van der Waals surface area contributed by atoms with E-state index in [9.17, 15) is 9.59 Å². The maximum absolute atomic E-state index is 11.9. The van der Waals surface area contributed by atoms with Gasteiger partial charge in [-0.15, -0.1) is 0 Å². The predicted octanol–water partition coefficient (Wildman–Crippen LogP) is 1.92. The van der Waals surface area contributed by atoms with Crippen molar-refractivity contribution in [2.24, 2.45) is 5.73 Å². The summed E-state index contributed by atoms with van der Waals surface area (Å²) in [6.07, 6.45) is 1.96. The summed E-state index contributed by atoms with van der Waals surface area (Å²) in [4.78, 5) is 24.8. The first-order chi connectivity index (χ1) is 10.1. The van der Waals surface area contributed by atoms with Crippen molar-refractivity contribution >= 4 is 17.5 Å². The molecule has 0 aromatic heterocycles. The molecule has 2 amide bonds. The van der Waals surface area contributed by atoms with Crippen molar-refractivity contribution in [1.29, 1.82) is 0 Å². The minimum Gasteiger partial charge on any atom is -0.372 e. The van der Waals surface area contributed by atoms with Crippen molar-refractivity contribution in [3.05, 3.63) is 29.8 Å². The lowest BCUT2D eigenvalue weighted by atomic mass is 10.1. The number of amides is 2. The molecule has 5 nitrogen and oxygen atoms in total. The van der Waals surface area contributed by atoms with Gasteiger partial charge in [0, 0.05) is 37.3 Å². The zero-order valence-corrected chi connectivity index (χ0v) is 12.9. The minimum absolute atomic E-state index is 0.121. The summed E-state index contributed by atoms with van der Waals surface area (Å²) in [5, 5.41) is 2.78. The largest absolute Gasteiger partial charge is 0.372 e. The van der Waals surface area contributed by atoms with E-state index in [1.54, 1.807) is 0 Å². The molecular weight excluding hydrogens is 266 g/mol. The second kappa shape index (κ2) is 9.00. The molecule has 0 aliphatic heterocycles. The Kier molecular flexibility index (Phi) is 7.29. The van der Waals surface area contributed by atoms with E-state index < -0.39 is 0 Å². The Balaban J connectivity index is 2.52. The Morgan fingerprint density at radius 3 is 2.38 bits per heavy atom. The van der Waals surface area contributed by atoms with Crippen LogP contribution < -0.4 is 16.0 Å². The first-order valence-corrected chi connectivity index (χ1v) is 7.50. The second-order valence-electron chi connectivity index (χ2n) is 4.95. The van der Waals surface area contributed by atoms with Crippen LogP contribution in [0.3, 0.4) is 0 Å². The first-order valence-electron chi connectivity index (χ1n) is 7.50. The Bertz CT molecular complexity index is 457. The Morgan fingerprint density at radius 2 is 1.86 bits per heavy atom. The molecule has 0 saturated carbocycles. The number of hydrogen-bond donors (Lipinski definition) is 2. The molecule has 0 spiro atoms. The Labute approximate surface area is 126 Å². The maximum atomic E-state index is 11.9. The molecular formula is C16H25N3O2. The van der Waals surface area contributed by atoms with Gasteiger partial charge in [-0.25, -0.2) is 0 Å². The molecule has 1 aromatic carbocycles. The standard InChI is InChI=1S/C16H25N3O2/c1-3-12-19(4-2)14-9-7-13(8-10-14)16(21)18-11-5-6-15(17)20/h7-10H,3-6,11-12H2,1-2H3,(H2,17,20)(H,18,21). The topological polar surface area (TPSA) is 75.4 Å². The number of benzene rings is 1. The molecule has 0 bridgehead atoms. The fourth-order valence-corrected chi connectivity index (χ4v) is 2.13. The van der Waals surface area contributed by atoms with Gasteiger partial charge in [-0.1, -0.05) is 6.92 Å². The van der Waals surface area contributed by atoms with Gasteiger partial charge in [-0.05, 0) is 44.0 Å². The number of nitrogens with zero attached hydrogens (tertiary/aromatic N) is 1. The number of rotatable bonds is 9. The van der Waals surface area contributed by atoms with E-state index in [2.05, 4.69) is 24.1 Å². The van der Waals surface area contributed by atoms with Crippen LogP contribution in [0.1, 0.15) is 43.5 Å². The summed E-state index contributed by atoms with van der Waals surface area (Å²) in [7, 11) is 0. The van der Waals surface area contributed by atoms with Gasteiger partial charge in [-0.2, -0.15) is 0 Å². The smallest absolute Gasteiger partial charge is 0.251 e.